The zero-order valence-corrected chi connectivity index (χ0v) is 15.6. The van der Waals surface area contributed by atoms with Gasteiger partial charge in [0.1, 0.15) is 5.82 Å². The molecule has 1 atom stereocenters. The first-order valence-corrected chi connectivity index (χ1v) is 9.59. The third-order valence-corrected chi connectivity index (χ3v) is 5.18. The Labute approximate surface area is 164 Å². The molecule has 5 heteroatoms. The number of hydrogen-bond acceptors (Lipinski definition) is 3. The number of carbonyl (C=O) groups excluding carboxylic acids is 1. The van der Waals surface area contributed by atoms with E-state index in [0.717, 1.165) is 36.2 Å². The molecule has 1 saturated heterocycles. The van der Waals surface area contributed by atoms with Gasteiger partial charge in [-0.2, -0.15) is 0 Å². The Balaban J connectivity index is 1.55. The summed E-state index contributed by atoms with van der Waals surface area (Å²) in [5.74, 6) is -0.0649. The van der Waals surface area contributed by atoms with Crippen LogP contribution in [0.2, 0.25) is 0 Å². The number of nitrogens with zero attached hydrogens (tertiary/aromatic N) is 3. The second-order valence-corrected chi connectivity index (χ2v) is 7.14. The fourth-order valence-electron chi connectivity index (χ4n) is 3.81. The standard InChI is InChI=1S/C23H22FN3O/c24-20-10-4-8-18(15-20)22-23(26-12-11-25-22)19-9-5-13-27(16-19)21(28)14-17-6-2-1-3-7-17/h1-4,6-8,10-12,15,19H,5,9,13-14,16H2/t19-/m0/s1. The van der Waals surface area contributed by atoms with Crippen molar-refractivity contribution in [3.05, 3.63) is 84.1 Å². The predicted octanol–water partition coefficient (Wildman–Crippen LogP) is 4.23. The summed E-state index contributed by atoms with van der Waals surface area (Å²) in [6.45, 7) is 1.38. The summed E-state index contributed by atoms with van der Waals surface area (Å²) in [7, 11) is 0. The average Bonchev–Trinajstić information content (AvgIpc) is 2.74. The number of piperidine rings is 1. The number of aromatic nitrogens is 2. The topological polar surface area (TPSA) is 46.1 Å². The van der Waals surface area contributed by atoms with Crippen molar-refractivity contribution in [2.24, 2.45) is 0 Å². The molecule has 0 spiro atoms. The summed E-state index contributed by atoms with van der Waals surface area (Å²) < 4.78 is 13.7. The minimum atomic E-state index is -0.294. The van der Waals surface area contributed by atoms with Gasteiger partial charge in [0.05, 0.1) is 17.8 Å². The molecular formula is C23H22FN3O. The Bertz CT molecular complexity index is 961. The third kappa shape index (κ3) is 4.09. The Morgan fingerprint density at radius 3 is 2.71 bits per heavy atom. The molecule has 4 rings (SSSR count). The van der Waals surface area contributed by atoms with Crippen molar-refractivity contribution in [1.82, 2.24) is 14.9 Å². The molecule has 0 aliphatic carbocycles. The number of likely N-dealkylation sites (tertiary alicyclic amines) is 1. The molecule has 3 aromatic rings. The molecule has 0 unspecified atom stereocenters. The van der Waals surface area contributed by atoms with Crippen molar-refractivity contribution in [1.29, 1.82) is 0 Å². The summed E-state index contributed by atoms with van der Waals surface area (Å²) in [4.78, 5) is 23.7. The van der Waals surface area contributed by atoms with Crippen molar-refractivity contribution in [2.45, 2.75) is 25.2 Å². The number of rotatable bonds is 4. The summed E-state index contributed by atoms with van der Waals surface area (Å²) in [5, 5.41) is 0. The maximum Gasteiger partial charge on any atom is 0.227 e. The van der Waals surface area contributed by atoms with E-state index >= 15 is 0 Å². The molecule has 0 N–H and O–H groups in total. The zero-order chi connectivity index (χ0) is 19.3. The molecule has 0 radical (unpaired) electrons. The van der Waals surface area contributed by atoms with Gasteiger partial charge in [-0.05, 0) is 30.5 Å². The van der Waals surface area contributed by atoms with Gasteiger partial charge in [-0.1, -0.05) is 42.5 Å². The molecule has 1 aromatic heterocycles. The fraction of sp³-hybridized carbons (Fsp3) is 0.261. The van der Waals surface area contributed by atoms with Gasteiger partial charge in [0.25, 0.3) is 0 Å². The maximum absolute atomic E-state index is 13.7. The summed E-state index contributed by atoms with van der Waals surface area (Å²) in [5.41, 5.74) is 3.28. The summed E-state index contributed by atoms with van der Waals surface area (Å²) >= 11 is 0. The largest absolute Gasteiger partial charge is 0.342 e. The van der Waals surface area contributed by atoms with Crippen molar-refractivity contribution < 1.29 is 9.18 Å². The Kier molecular flexibility index (Phi) is 5.42. The maximum atomic E-state index is 13.7. The number of hydrogen-bond donors (Lipinski definition) is 0. The lowest BCUT2D eigenvalue weighted by atomic mass is 9.91. The number of halogens is 1. The van der Waals surface area contributed by atoms with E-state index in [1.807, 2.05) is 41.3 Å². The molecule has 1 fully saturated rings. The molecule has 1 aliphatic rings. The summed E-state index contributed by atoms with van der Waals surface area (Å²) in [6.07, 6.45) is 5.57. The van der Waals surface area contributed by atoms with E-state index in [-0.39, 0.29) is 17.6 Å². The summed E-state index contributed by atoms with van der Waals surface area (Å²) in [6, 6.07) is 16.2. The van der Waals surface area contributed by atoms with Crippen LogP contribution in [0.3, 0.4) is 0 Å². The normalized spacial score (nSPS) is 16.8. The predicted molar refractivity (Wildman–Crippen MR) is 106 cm³/mol. The minimum Gasteiger partial charge on any atom is -0.342 e. The second kappa shape index (κ2) is 8.30. The van der Waals surface area contributed by atoms with Crippen LogP contribution in [0, 0.1) is 5.82 Å². The Morgan fingerprint density at radius 1 is 1.07 bits per heavy atom. The molecular weight excluding hydrogens is 353 g/mol. The molecule has 1 aliphatic heterocycles. The van der Waals surface area contributed by atoms with Crippen LogP contribution in [-0.2, 0) is 11.2 Å². The van der Waals surface area contributed by atoms with Crippen LogP contribution in [0.15, 0.2) is 67.0 Å². The Hall–Kier alpha value is -3.08. The highest BCUT2D eigenvalue weighted by atomic mass is 19.1. The van der Waals surface area contributed by atoms with Crippen LogP contribution in [-0.4, -0.2) is 33.9 Å². The van der Waals surface area contributed by atoms with Crippen molar-refractivity contribution in [2.75, 3.05) is 13.1 Å². The van der Waals surface area contributed by atoms with Crippen LogP contribution in [0.5, 0.6) is 0 Å². The smallest absolute Gasteiger partial charge is 0.227 e. The van der Waals surface area contributed by atoms with Gasteiger partial charge in [0.15, 0.2) is 0 Å². The third-order valence-electron chi connectivity index (χ3n) is 5.18. The molecule has 1 amide bonds. The van der Waals surface area contributed by atoms with Gasteiger partial charge < -0.3 is 4.90 Å². The monoisotopic (exact) mass is 375 g/mol. The van der Waals surface area contributed by atoms with Crippen LogP contribution in [0.1, 0.15) is 30.0 Å². The van der Waals surface area contributed by atoms with Gasteiger partial charge in [-0.25, -0.2) is 4.39 Å². The van der Waals surface area contributed by atoms with E-state index in [4.69, 9.17) is 0 Å². The lowest BCUT2D eigenvalue weighted by molar-refractivity contribution is -0.131. The van der Waals surface area contributed by atoms with Gasteiger partial charge >= 0.3 is 0 Å². The second-order valence-electron chi connectivity index (χ2n) is 7.14. The van der Waals surface area contributed by atoms with E-state index in [1.54, 1.807) is 18.5 Å². The SMILES string of the molecule is O=C(Cc1ccccc1)N1CCC[C@H](c2nccnc2-c2cccc(F)c2)C1. The molecule has 2 aromatic carbocycles. The lowest BCUT2D eigenvalue weighted by Gasteiger charge is -2.33. The van der Waals surface area contributed by atoms with Gasteiger partial charge in [0, 0.05) is 37.0 Å². The molecule has 2 heterocycles. The number of amides is 1. The number of carbonyl (C=O) groups is 1. The zero-order valence-electron chi connectivity index (χ0n) is 15.6. The quantitative estimate of drug-likeness (QED) is 0.685. The highest BCUT2D eigenvalue weighted by molar-refractivity contribution is 5.79. The van der Waals surface area contributed by atoms with Crippen LogP contribution >= 0.6 is 0 Å². The highest BCUT2D eigenvalue weighted by Crippen LogP contribution is 2.32. The molecule has 28 heavy (non-hydrogen) atoms. The molecule has 0 bridgehead atoms. The van der Waals surface area contributed by atoms with E-state index in [9.17, 15) is 9.18 Å². The van der Waals surface area contributed by atoms with Gasteiger partial charge in [0.2, 0.25) is 5.91 Å². The van der Waals surface area contributed by atoms with Crippen molar-refractivity contribution in [3.8, 4) is 11.3 Å². The minimum absolute atomic E-state index is 0.0976. The van der Waals surface area contributed by atoms with E-state index in [0.29, 0.717) is 18.7 Å². The first-order valence-electron chi connectivity index (χ1n) is 9.59. The highest BCUT2D eigenvalue weighted by Gasteiger charge is 2.28. The van der Waals surface area contributed by atoms with E-state index in [1.165, 1.54) is 12.1 Å². The van der Waals surface area contributed by atoms with Gasteiger partial charge in [-0.3, -0.25) is 14.8 Å². The Morgan fingerprint density at radius 2 is 1.89 bits per heavy atom. The molecule has 4 nitrogen and oxygen atoms in total. The molecule has 142 valence electrons. The average molecular weight is 375 g/mol. The van der Waals surface area contributed by atoms with E-state index < -0.39 is 0 Å². The fourth-order valence-corrected chi connectivity index (χ4v) is 3.81. The van der Waals surface area contributed by atoms with Crippen LogP contribution in [0.25, 0.3) is 11.3 Å². The molecule has 0 saturated carbocycles. The van der Waals surface area contributed by atoms with Crippen LogP contribution in [0.4, 0.5) is 4.39 Å². The van der Waals surface area contributed by atoms with E-state index in [2.05, 4.69) is 9.97 Å². The van der Waals surface area contributed by atoms with Crippen LogP contribution < -0.4 is 0 Å². The van der Waals surface area contributed by atoms with Crippen molar-refractivity contribution in [3.63, 3.8) is 0 Å². The first kappa shape index (κ1) is 18.3. The first-order chi connectivity index (χ1) is 13.7. The van der Waals surface area contributed by atoms with Gasteiger partial charge in [-0.15, -0.1) is 0 Å². The lowest BCUT2D eigenvalue weighted by Crippen LogP contribution is -2.40. The number of benzene rings is 2. The van der Waals surface area contributed by atoms with Crippen molar-refractivity contribution >= 4 is 5.91 Å².